The van der Waals surface area contributed by atoms with Gasteiger partial charge in [-0.15, -0.1) is 0 Å². The quantitative estimate of drug-likeness (QED) is 0.0891. The third-order valence-electron chi connectivity index (χ3n) is 8.30. The summed E-state index contributed by atoms with van der Waals surface area (Å²) in [5, 5.41) is 7.07. The van der Waals surface area contributed by atoms with Gasteiger partial charge in [-0.3, -0.25) is 10.3 Å². The number of aliphatic imine (C=N–C) groups is 1. The lowest BCUT2D eigenvalue weighted by Gasteiger charge is -2.22. The topological polar surface area (TPSA) is 75.1 Å². The van der Waals surface area contributed by atoms with Gasteiger partial charge in [0, 0.05) is 22.3 Å². The Morgan fingerprint density at radius 1 is 0.490 bits per heavy atom. The molecule has 6 heteroatoms. The zero-order valence-electron chi connectivity index (χ0n) is 27.2. The van der Waals surface area contributed by atoms with Gasteiger partial charge in [-0.05, 0) is 29.3 Å². The van der Waals surface area contributed by atoms with Crippen LogP contribution in [0.15, 0.2) is 175 Å². The Morgan fingerprint density at radius 2 is 0.898 bits per heavy atom. The summed E-state index contributed by atoms with van der Waals surface area (Å²) >= 11 is 0. The first-order chi connectivity index (χ1) is 24.2. The third-order valence-corrected chi connectivity index (χ3v) is 8.30. The van der Waals surface area contributed by atoms with Crippen LogP contribution in [-0.2, 0) is 6.54 Å². The van der Waals surface area contributed by atoms with Crippen LogP contribution >= 0.6 is 0 Å². The molecule has 2 N–H and O–H groups in total. The molecule has 6 aromatic carbocycles. The van der Waals surface area contributed by atoms with Crippen molar-refractivity contribution < 1.29 is 0 Å². The van der Waals surface area contributed by atoms with Gasteiger partial charge in [0.05, 0.1) is 6.54 Å². The highest BCUT2D eigenvalue weighted by Crippen LogP contribution is 2.28. The molecule has 49 heavy (non-hydrogen) atoms. The zero-order valence-corrected chi connectivity index (χ0v) is 27.2. The Balaban J connectivity index is 1.12. The van der Waals surface area contributed by atoms with Crippen LogP contribution < -0.4 is 10.6 Å². The molecule has 1 heterocycles. The van der Waals surface area contributed by atoms with Gasteiger partial charge in [-0.2, -0.15) is 0 Å². The van der Waals surface area contributed by atoms with Crippen LogP contribution in [0.1, 0.15) is 22.9 Å². The van der Waals surface area contributed by atoms with Crippen LogP contribution in [0, 0.1) is 0 Å². The van der Waals surface area contributed by atoms with E-state index in [-0.39, 0.29) is 6.17 Å². The summed E-state index contributed by atoms with van der Waals surface area (Å²) in [5.74, 6) is 2.78. The summed E-state index contributed by atoms with van der Waals surface area (Å²) in [7, 11) is 1.96. The van der Waals surface area contributed by atoms with E-state index in [2.05, 4.69) is 83.4 Å². The standard InChI is InChI=1S/C43H36N6/c1-44-39(46-40(34-16-8-3-9-17-34)45-30-31-14-6-2-7-15-31)37-26-22-32(23-27-37)33-24-28-38(29-25-33)43-48-41(35-18-10-4-11-19-35)47-42(49-43)36-20-12-5-13-21-36/h2-29,39,44H,30H2,1H3,(H,45,46). The first-order valence-electron chi connectivity index (χ1n) is 16.4. The largest absolute Gasteiger partial charge is 0.351 e. The van der Waals surface area contributed by atoms with Gasteiger partial charge in [0.2, 0.25) is 0 Å². The fourth-order valence-corrected chi connectivity index (χ4v) is 5.65. The fraction of sp³-hybridized carbons (Fsp3) is 0.0698. The van der Waals surface area contributed by atoms with Crippen LogP contribution in [-0.4, -0.2) is 27.8 Å². The number of hydrogen-bond acceptors (Lipinski definition) is 5. The monoisotopic (exact) mass is 636 g/mol. The lowest BCUT2D eigenvalue weighted by molar-refractivity contribution is 0.559. The van der Waals surface area contributed by atoms with E-state index in [0.29, 0.717) is 24.0 Å². The molecule has 0 saturated heterocycles. The van der Waals surface area contributed by atoms with Crippen LogP contribution in [0.4, 0.5) is 0 Å². The molecule has 0 bridgehead atoms. The Bertz CT molecular complexity index is 2060. The predicted molar refractivity (Wildman–Crippen MR) is 200 cm³/mol. The van der Waals surface area contributed by atoms with Crippen molar-refractivity contribution in [3.05, 3.63) is 187 Å². The first kappa shape index (κ1) is 31.4. The summed E-state index contributed by atoms with van der Waals surface area (Å²) in [6, 6.07) is 57.7. The average Bonchev–Trinajstić information content (AvgIpc) is 3.19. The maximum Gasteiger partial charge on any atom is 0.164 e. The molecule has 1 atom stereocenters. The second-order valence-corrected chi connectivity index (χ2v) is 11.6. The second kappa shape index (κ2) is 15.1. The number of nitrogens with zero attached hydrogens (tertiary/aromatic N) is 4. The number of benzene rings is 6. The van der Waals surface area contributed by atoms with E-state index in [1.807, 2.05) is 104 Å². The van der Waals surface area contributed by atoms with Gasteiger partial charge in [0.25, 0.3) is 0 Å². The molecule has 1 aromatic heterocycles. The third kappa shape index (κ3) is 7.67. The Morgan fingerprint density at radius 3 is 1.39 bits per heavy atom. The maximum absolute atomic E-state index is 4.97. The predicted octanol–water partition coefficient (Wildman–Crippen LogP) is 8.99. The van der Waals surface area contributed by atoms with Gasteiger partial charge >= 0.3 is 0 Å². The summed E-state index contributed by atoms with van der Waals surface area (Å²) in [5.41, 5.74) is 8.38. The van der Waals surface area contributed by atoms with Crippen molar-refractivity contribution in [1.82, 2.24) is 25.6 Å². The molecule has 1 unspecified atom stereocenters. The van der Waals surface area contributed by atoms with Gasteiger partial charge < -0.3 is 5.32 Å². The van der Waals surface area contributed by atoms with Crippen molar-refractivity contribution in [3.63, 3.8) is 0 Å². The molecule has 0 amide bonds. The Hall–Kier alpha value is -6.24. The average molecular weight is 637 g/mol. The first-order valence-corrected chi connectivity index (χ1v) is 16.4. The minimum Gasteiger partial charge on any atom is -0.351 e. The van der Waals surface area contributed by atoms with Crippen molar-refractivity contribution in [1.29, 1.82) is 0 Å². The Kier molecular flexibility index (Phi) is 9.67. The highest BCUT2D eigenvalue weighted by molar-refractivity contribution is 5.99. The molecule has 0 aliphatic heterocycles. The molecule has 0 spiro atoms. The lowest BCUT2D eigenvalue weighted by Crippen LogP contribution is -2.37. The highest BCUT2D eigenvalue weighted by Gasteiger charge is 2.15. The highest BCUT2D eigenvalue weighted by atomic mass is 15.1. The van der Waals surface area contributed by atoms with E-state index in [4.69, 9.17) is 19.9 Å². The van der Waals surface area contributed by atoms with Gasteiger partial charge in [-0.1, -0.05) is 170 Å². The smallest absolute Gasteiger partial charge is 0.164 e. The van der Waals surface area contributed by atoms with Crippen molar-refractivity contribution in [2.24, 2.45) is 4.99 Å². The molecule has 0 radical (unpaired) electrons. The second-order valence-electron chi connectivity index (χ2n) is 11.6. The molecule has 238 valence electrons. The van der Waals surface area contributed by atoms with Gasteiger partial charge in [0.1, 0.15) is 12.0 Å². The molecule has 7 rings (SSSR count). The minimum absolute atomic E-state index is 0.132. The van der Waals surface area contributed by atoms with Crippen molar-refractivity contribution in [3.8, 4) is 45.3 Å². The van der Waals surface area contributed by atoms with E-state index in [1.54, 1.807) is 0 Å². The lowest BCUT2D eigenvalue weighted by atomic mass is 10.0. The van der Waals surface area contributed by atoms with Gasteiger partial charge in [-0.25, -0.2) is 15.0 Å². The molecular formula is C43H36N6. The fourth-order valence-electron chi connectivity index (χ4n) is 5.65. The number of rotatable bonds is 10. The molecule has 0 aliphatic rings. The molecule has 0 fully saturated rings. The summed E-state index contributed by atoms with van der Waals surface area (Å²) in [6.07, 6.45) is -0.132. The number of hydrogen-bond donors (Lipinski definition) is 2. The summed E-state index contributed by atoms with van der Waals surface area (Å²) in [6.45, 7) is 0.592. The van der Waals surface area contributed by atoms with Gasteiger partial charge in [0.15, 0.2) is 17.5 Å². The molecule has 0 aliphatic carbocycles. The van der Waals surface area contributed by atoms with Crippen molar-refractivity contribution in [2.45, 2.75) is 12.7 Å². The normalized spacial score (nSPS) is 12.0. The zero-order chi connectivity index (χ0) is 33.3. The molecular weight excluding hydrogens is 601 g/mol. The Labute approximate surface area is 287 Å². The van der Waals surface area contributed by atoms with E-state index < -0.39 is 0 Å². The number of amidine groups is 1. The maximum atomic E-state index is 4.97. The number of aromatic nitrogens is 3. The van der Waals surface area contributed by atoms with Crippen LogP contribution in [0.3, 0.4) is 0 Å². The van der Waals surface area contributed by atoms with Crippen LogP contribution in [0.5, 0.6) is 0 Å². The number of nitrogens with one attached hydrogen (secondary N) is 2. The van der Waals surface area contributed by atoms with E-state index >= 15 is 0 Å². The van der Waals surface area contributed by atoms with Crippen LogP contribution in [0.2, 0.25) is 0 Å². The van der Waals surface area contributed by atoms with Crippen molar-refractivity contribution in [2.75, 3.05) is 7.05 Å². The van der Waals surface area contributed by atoms with E-state index in [1.165, 1.54) is 0 Å². The molecule has 7 aromatic rings. The van der Waals surface area contributed by atoms with E-state index in [0.717, 1.165) is 50.3 Å². The van der Waals surface area contributed by atoms with E-state index in [9.17, 15) is 0 Å². The summed E-state index contributed by atoms with van der Waals surface area (Å²) < 4.78 is 0. The molecule has 0 saturated carbocycles. The summed E-state index contributed by atoms with van der Waals surface area (Å²) in [4.78, 5) is 19.5. The molecule has 6 nitrogen and oxygen atoms in total. The van der Waals surface area contributed by atoms with Crippen molar-refractivity contribution >= 4 is 5.84 Å². The SMILES string of the molecule is CNC(NC(=NCc1ccccc1)c1ccccc1)c1ccc(-c2ccc(-c3nc(-c4ccccc4)nc(-c4ccccc4)n3)cc2)cc1. The minimum atomic E-state index is -0.132. The van der Waals surface area contributed by atoms with Crippen LogP contribution in [0.25, 0.3) is 45.3 Å².